The summed E-state index contributed by atoms with van der Waals surface area (Å²) in [5.41, 5.74) is -4.17. The average molecular weight is 427 g/mol. The Balaban J connectivity index is 2.51. The maximum atomic E-state index is 14.1. The number of aliphatic hydroxyl groups is 1. The number of carbonyl (C=O) groups excluding carboxylic acids is 1. The van der Waals surface area contributed by atoms with Gasteiger partial charge in [0.05, 0.1) is 7.11 Å². The van der Waals surface area contributed by atoms with Gasteiger partial charge in [-0.2, -0.15) is 13.2 Å². The Labute approximate surface area is 172 Å². The summed E-state index contributed by atoms with van der Waals surface area (Å²) >= 11 is 0. The van der Waals surface area contributed by atoms with E-state index in [0.717, 1.165) is 12.1 Å². The van der Waals surface area contributed by atoms with E-state index in [2.05, 4.69) is 5.32 Å². The number of nitrogens with one attached hydrogen (secondary N) is 1. The summed E-state index contributed by atoms with van der Waals surface area (Å²) in [5.74, 6) is -0.961. The van der Waals surface area contributed by atoms with Crippen molar-refractivity contribution in [1.29, 1.82) is 0 Å². The van der Waals surface area contributed by atoms with Gasteiger partial charge in [-0.15, -0.1) is 0 Å². The summed E-state index contributed by atoms with van der Waals surface area (Å²) in [4.78, 5) is 12.1. The predicted molar refractivity (Wildman–Crippen MR) is 105 cm³/mol. The summed E-state index contributed by atoms with van der Waals surface area (Å²) in [5, 5.41) is 13.2. The van der Waals surface area contributed by atoms with Gasteiger partial charge in [0.25, 0.3) is 5.91 Å². The number of rotatable bonds is 7. The summed E-state index contributed by atoms with van der Waals surface area (Å²) in [7, 11) is 2.71. The molecule has 2 N–H and O–H groups in total. The van der Waals surface area contributed by atoms with Crippen molar-refractivity contribution in [2.75, 3.05) is 14.2 Å². The number of halogens is 4. The summed E-state index contributed by atoms with van der Waals surface area (Å²) in [6.45, 7) is 2.96. The van der Waals surface area contributed by atoms with Crippen LogP contribution in [0.3, 0.4) is 0 Å². The molecule has 0 saturated heterocycles. The van der Waals surface area contributed by atoms with Gasteiger partial charge >= 0.3 is 6.18 Å². The van der Waals surface area contributed by atoms with Gasteiger partial charge in [0.15, 0.2) is 5.60 Å². The molecule has 8 heteroatoms. The van der Waals surface area contributed by atoms with E-state index in [4.69, 9.17) is 4.74 Å². The first kappa shape index (κ1) is 23.7. The number of hydrogen-bond donors (Lipinski definition) is 2. The zero-order valence-corrected chi connectivity index (χ0v) is 17.2. The molecule has 164 valence electrons. The largest absolute Gasteiger partial charge is 0.496 e. The van der Waals surface area contributed by atoms with E-state index in [-0.39, 0.29) is 22.4 Å². The van der Waals surface area contributed by atoms with E-state index < -0.39 is 41.8 Å². The smallest absolute Gasteiger partial charge is 0.417 e. The van der Waals surface area contributed by atoms with E-state index in [9.17, 15) is 27.5 Å². The van der Waals surface area contributed by atoms with Crippen LogP contribution in [-0.2, 0) is 11.8 Å². The van der Waals surface area contributed by atoms with Crippen molar-refractivity contribution < 1.29 is 32.2 Å². The molecule has 0 fully saturated rings. The number of ether oxygens (including phenoxy) is 1. The van der Waals surface area contributed by atoms with Crippen molar-refractivity contribution in [3.05, 3.63) is 65.0 Å². The SMILES string of the molecule is CNC(=O)c1ccccc1CC(O)(CC(C)(C)c1cc(F)ccc1OC)C(F)(F)F. The molecule has 0 saturated carbocycles. The maximum absolute atomic E-state index is 14.1. The molecule has 0 heterocycles. The highest BCUT2D eigenvalue weighted by Gasteiger charge is 2.56. The highest BCUT2D eigenvalue weighted by Crippen LogP contribution is 2.45. The van der Waals surface area contributed by atoms with Crippen molar-refractivity contribution >= 4 is 5.91 Å². The molecule has 1 amide bonds. The second-order valence-corrected chi connectivity index (χ2v) is 7.85. The number of methoxy groups -OCH3 is 1. The highest BCUT2D eigenvalue weighted by molar-refractivity contribution is 5.95. The van der Waals surface area contributed by atoms with Crippen molar-refractivity contribution in [1.82, 2.24) is 5.32 Å². The Morgan fingerprint density at radius 3 is 2.33 bits per heavy atom. The first-order valence-electron chi connectivity index (χ1n) is 9.28. The molecule has 2 aromatic rings. The second-order valence-electron chi connectivity index (χ2n) is 7.85. The third-order valence-electron chi connectivity index (χ3n) is 5.12. The lowest BCUT2D eigenvalue weighted by Crippen LogP contribution is -2.51. The van der Waals surface area contributed by atoms with Gasteiger partial charge in [-0.1, -0.05) is 32.0 Å². The summed E-state index contributed by atoms with van der Waals surface area (Å²) < 4.78 is 61.2. The van der Waals surface area contributed by atoms with Gasteiger partial charge in [0.2, 0.25) is 0 Å². The zero-order valence-electron chi connectivity index (χ0n) is 17.2. The number of alkyl halides is 3. The van der Waals surface area contributed by atoms with Gasteiger partial charge in [0, 0.05) is 24.6 Å². The van der Waals surface area contributed by atoms with Gasteiger partial charge in [-0.3, -0.25) is 4.79 Å². The fraction of sp³-hybridized carbons (Fsp3) is 0.409. The highest BCUT2D eigenvalue weighted by atomic mass is 19.4. The molecule has 0 aromatic heterocycles. The molecule has 0 spiro atoms. The Bertz CT molecular complexity index is 911. The maximum Gasteiger partial charge on any atom is 0.417 e. The quantitative estimate of drug-likeness (QED) is 0.644. The third-order valence-corrected chi connectivity index (χ3v) is 5.12. The van der Waals surface area contributed by atoms with Crippen LogP contribution in [0.15, 0.2) is 42.5 Å². The Hall–Kier alpha value is -2.61. The summed E-state index contributed by atoms with van der Waals surface area (Å²) in [6, 6.07) is 9.38. The van der Waals surface area contributed by atoms with E-state index in [1.54, 1.807) is 0 Å². The van der Waals surface area contributed by atoms with Crippen LogP contribution in [0.1, 0.15) is 41.8 Å². The van der Waals surface area contributed by atoms with Crippen LogP contribution in [0.5, 0.6) is 5.75 Å². The number of carbonyl (C=O) groups is 1. The van der Waals surface area contributed by atoms with Crippen molar-refractivity contribution in [3.8, 4) is 5.75 Å². The molecule has 1 unspecified atom stereocenters. The van der Waals surface area contributed by atoms with Gasteiger partial charge in [0.1, 0.15) is 11.6 Å². The van der Waals surface area contributed by atoms with Crippen LogP contribution in [0.2, 0.25) is 0 Å². The zero-order chi connectivity index (χ0) is 22.7. The van der Waals surface area contributed by atoms with Crippen LogP contribution < -0.4 is 10.1 Å². The molecule has 0 aliphatic heterocycles. The Morgan fingerprint density at radius 1 is 1.13 bits per heavy atom. The van der Waals surface area contributed by atoms with Crippen LogP contribution in [0, 0.1) is 5.82 Å². The Kier molecular flexibility index (Phi) is 6.81. The van der Waals surface area contributed by atoms with Crippen molar-refractivity contribution in [3.63, 3.8) is 0 Å². The minimum absolute atomic E-state index is 0.0452. The summed E-state index contributed by atoms with van der Waals surface area (Å²) in [6.07, 6.45) is -6.60. The van der Waals surface area contributed by atoms with Gasteiger partial charge in [-0.05, 0) is 41.7 Å². The molecular formula is C22H25F4NO3. The lowest BCUT2D eigenvalue weighted by atomic mass is 9.72. The van der Waals surface area contributed by atoms with E-state index in [0.29, 0.717) is 0 Å². The predicted octanol–water partition coefficient (Wildman–Crippen LogP) is 4.40. The first-order chi connectivity index (χ1) is 13.8. The first-order valence-corrected chi connectivity index (χ1v) is 9.28. The third kappa shape index (κ3) is 4.92. The fourth-order valence-electron chi connectivity index (χ4n) is 3.64. The van der Waals surface area contributed by atoms with Crippen LogP contribution in [-0.4, -0.2) is 36.9 Å². The van der Waals surface area contributed by atoms with Gasteiger partial charge in [-0.25, -0.2) is 4.39 Å². The number of amides is 1. The van der Waals surface area contributed by atoms with Crippen molar-refractivity contribution in [2.45, 2.75) is 43.9 Å². The fourth-order valence-corrected chi connectivity index (χ4v) is 3.64. The lowest BCUT2D eigenvalue weighted by molar-refractivity contribution is -0.266. The normalized spacial score (nSPS) is 14.2. The van der Waals surface area contributed by atoms with Crippen LogP contribution >= 0.6 is 0 Å². The lowest BCUT2D eigenvalue weighted by Gasteiger charge is -2.38. The number of hydrogen-bond acceptors (Lipinski definition) is 3. The monoisotopic (exact) mass is 427 g/mol. The Morgan fingerprint density at radius 2 is 1.77 bits per heavy atom. The molecule has 2 rings (SSSR count). The van der Waals surface area contributed by atoms with Crippen molar-refractivity contribution in [2.24, 2.45) is 0 Å². The molecule has 1 atom stereocenters. The molecule has 30 heavy (non-hydrogen) atoms. The van der Waals surface area contributed by atoms with E-state index in [1.807, 2.05) is 0 Å². The molecule has 0 aliphatic rings. The second kappa shape index (κ2) is 8.63. The van der Waals surface area contributed by atoms with E-state index >= 15 is 0 Å². The molecule has 0 bridgehead atoms. The standard InChI is InChI=1S/C22H25F4NO3/c1-20(2,17-11-15(23)9-10-18(17)30-4)13-21(29,22(24,25)26)12-14-7-5-6-8-16(14)19(28)27-3/h5-11,29H,12-13H2,1-4H3,(H,27,28). The topological polar surface area (TPSA) is 58.6 Å². The van der Waals surface area contributed by atoms with E-state index in [1.165, 1.54) is 58.3 Å². The van der Waals surface area contributed by atoms with Crippen LogP contribution in [0.25, 0.3) is 0 Å². The minimum Gasteiger partial charge on any atom is -0.496 e. The molecule has 2 aromatic carbocycles. The van der Waals surface area contributed by atoms with Gasteiger partial charge < -0.3 is 15.2 Å². The average Bonchev–Trinajstić information content (AvgIpc) is 2.66. The molecule has 4 nitrogen and oxygen atoms in total. The molecule has 0 radical (unpaired) electrons. The minimum atomic E-state index is -5.00. The molecular weight excluding hydrogens is 402 g/mol. The van der Waals surface area contributed by atoms with Crippen LogP contribution in [0.4, 0.5) is 17.6 Å². The molecule has 0 aliphatic carbocycles. The number of benzene rings is 2.